The molecule has 0 aromatic rings. The van der Waals surface area contributed by atoms with Crippen molar-refractivity contribution >= 4 is 6.09 Å². The van der Waals surface area contributed by atoms with Crippen molar-refractivity contribution in [3.8, 4) is 0 Å². The van der Waals surface area contributed by atoms with Crippen LogP contribution in [-0.2, 0) is 4.74 Å². The van der Waals surface area contributed by atoms with Gasteiger partial charge in [0, 0.05) is 5.54 Å². The number of nitrogens with one attached hydrogen (secondary N) is 1. The SMILES string of the molecule is CC(C)(C)OC(=O)NC1([C@@H]2C[C@H]2CN)CCCCC1. The Morgan fingerprint density at radius 3 is 2.42 bits per heavy atom. The maximum atomic E-state index is 12.1. The van der Waals surface area contributed by atoms with Crippen LogP contribution in [0.3, 0.4) is 0 Å². The normalized spacial score (nSPS) is 29.7. The van der Waals surface area contributed by atoms with Crippen LogP contribution in [0.4, 0.5) is 4.79 Å². The number of carbonyl (C=O) groups excluding carboxylic acids is 1. The van der Waals surface area contributed by atoms with E-state index in [4.69, 9.17) is 10.5 Å². The van der Waals surface area contributed by atoms with Crippen molar-refractivity contribution in [2.24, 2.45) is 17.6 Å². The molecule has 1 amide bonds. The average Bonchev–Trinajstić information content (AvgIpc) is 3.07. The van der Waals surface area contributed by atoms with Crippen molar-refractivity contribution in [1.82, 2.24) is 5.32 Å². The first kappa shape index (κ1) is 14.6. The highest BCUT2D eigenvalue weighted by Crippen LogP contribution is 2.51. The lowest BCUT2D eigenvalue weighted by Crippen LogP contribution is -2.53. The van der Waals surface area contributed by atoms with Gasteiger partial charge in [-0.15, -0.1) is 0 Å². The van der Waals surface area contributed by atoms with Crippen molar-refractivity contribution in [2.75, 3.05) is 6.54 Å². The van der Waals surface area contributed by atoms with E-state index in [0.717, 1.165) is 25.8 Å². The molecule has 0 saturated heterocycles. The second-order valence-electron chi connectivity index (χ2n) is 7.18. The minimum atomic E-state index is -0.434. The molecule has 2 aliphatic rings. The molecule has 2 fully saturated rings. The van der Waals surface area contributed by atoms with Crippen LogP contribution in [0.2, 0.25) is 0 Å². The third-order valence-electron chi connectivity index (χ3n) is 4.43. The van der Waals surface area contributed by atoms with Gasteiger partial charge in [-0.2, -0.15) is 0 Å². The second kappa shape index (κ2) is 5.31. The molecular formula is C15H28N2O2. The Bertz CT molecular complexity index is 330. The second-order valence-corrected chi connectivity index (χ2v) is 7.18. The number of amides is 1. The van der Waals surface area contributed by atoms with Gasteiger partial charge in [-0.3, -0.25) is 0 Å². The van der Waals surface area contributed by atoms with Crippen molar-refractivity contribution in [3.05, 3.63) is 0 Å². The van der Waals surface area contributed by atoms with E-state index >= 15 is 0 Å². The summed E-state index contributed by atoms with van der Waals surface area (Å²) in [6, 6.07) is 0. The monoisotopic (exact) mass is 268 g/mol. The van der Waals surface area contributed by atoms with Gasteiger partial charge in [0.15, 0.2) is 0 Å². The van der Waals surface area contributed by atoms with Crippen LogP contribution in [0.1, 0.15) is 59.3 Å². The fourth-order valence-corrected chi connectivity index (χ4v) is 3.46. The van der Waals surface area contributed by atoms with Gasteiger partial charge in [-0.25, -0.2) is 4.79 Å². The van der Waals surface area contributed by atoms with E-state index in [1.54, 1.807) is 0 Å². The van der Waals surface area contributed by atoms with Gasteiger partial charge in [-0.05, 0) is 58.4 Å². The van der Waals surface area contributed by atoms with Gasteiger partial charge < -0.3 is 15.8 Å². The largest absolute Gasteiger partial charge is 0.444 e. The van der Waals surface area contributed by atoms with Crippen LogP contribution >= 0.6 is 0 Å². The Morgan fingerprint density at radius 1 is 1.32 bits per heavy atom. The molecule has 2 rings (SSSR count). The van der Waals surface area contributed by atoms with Gasteiger partial charge in [0.05, 0.1) is 0 Å². The lowest BCUT2D eigenvalue weighted by atomic mass is 9.77. The van der Waals surface area contributed by atoms with Crippen LogP contribution < -0.4 is 11.1 Å². The van der Waals surface area contributed by atoms with Crippen molar-refractivity contribution in [2.45, 2.75) is 70.4 Å². The molecular weight excluding hydrogens is 240 g/mol. The predicted octanol–water partition coefficient (Wildman–Crippen LogP) is 2.81. The number of rotatable bonds is 3. The zero-order valence-corrected chi connectivity index (χ0v) is 12.5. The number of hydrogen-bond donors (Lipinski definition) is 2. The lowest BCUT2D eigenvalue weighted by Gasteiger charge is -2.39. The van der Waals surface area contributed by atoms with E-state index in [1.165, 1.54) is 19.3 Å². The highest BCUT2D eigenvalue weighted by atomic mass is 16.6. The molecule has 0 radical (unpaired) electrons. The zero-order chi connectivity index (χ0) is 14.1. The summed E-state index contributed by atoms with van der Waals surface area (Å²) in [6.45, 7) is 6.45. The molecule has 4 nitrogen and oxygen atoms in total. The molecule has 110 valence electrons. The van der Waals surface area contributed by atoms with Gasteiger partial charge >= 0.3 is 6.09 Å². The van der Waals surface area contributed by atoms with Crippen LogP contribution in [0.25, 0.3) is 0 Å². The Kier molecular flexibility index (Phi) is 4.09. The van der Waals surface area contributed by atoms with Crippen LogP contribution in [0, 0.1) is 11.8 Å². The summed E-state index contributed by atoms with van der Waals surface area (Å²) in [5.41, 5.74) is 5.29. The van der Waals surface area contributed by atoms with E-state index in [1.807, 2.05) is 20.8 Å². The summed E-state index contributed by atoms with van der Waals surface area (Å²) >= 11 is 0. The molecule has 0 aliphatic heterocycles. The van der Waals surface area contributed by atoms with Gasteiger partial charge in [0.25, 0.3) is 0 Å². The van der Waals surface area contributed by atoms with Crippen molar-refractivity contribution in [1.29, 1.82) is 0 Å². The Hall–Kier alpha value is -0.770. The first-order valence-corrected chi connectivity index (χ1v) is 7.57. The van der Waals surface area contributed by atoms with Gasteiger partial charge in [0.1, 0.15) is 5.60 Å². The molecule has 3 N–H and O–H groups in total. The van der Waals surface area contributed by atoms with E-state index in [0.29, 0.717) is 11.8 Å². The molecule has 0 aromatic carbocycles. The molecule has 2 saturated carbocycles. The summed E-state index contributed by atoms with van der Waals surface area (Å²) in [4.78, 5) is 12.1. The fraction of sp³-hybridized carbons (Fsp3) is 0.933. The number of ether oxygens (including phenoxy) is 1. The zero-order valence-electron chi connectivity index (χ0n) is 12.5. The van der Waals surface area contributed by atoms with E-state index in [-0.39, 0.29) is 11.6 Å². The number of carbonyl (C=O) groups is 1. The number of alkyl carbamates (subject to hydrolysis) is 1. The summed E-state index contributed by atoms with van der Waals surface area (Å²) < 4.78 is 5.43. The molecule has 0 unspecified atom stereocenters. The van der Waals surface area contributed by atoms with Crippen LogP contribution in [0.5, 0.6) is 0 Å². The van der Waals surface area contributed by atoms with E-state index in [2.05, 4.69) is 5.32 Å². The quantitative estimate of drug-likeness (QED) is 0.827. The van der Waals surface area contributed by atoms with Crippen molar-refractivity contribution < 1.29 is 9.53 Å². The Labute approximate surface area is 116 Å². The average molecular weight is 268 g/mol. The summed E-state index contributed by atoms with van der Waals surface area (Å²) in [5, 5.41) is 3.20. The maximum absolute atomic E-state index is 12.1. The molecule has 0 bridgehead atoms. The van der Waals surface area contributed by atoms with Crippen LogP contribution in [0.15, 0.2) is 0 Å². The van der Waals surface area contributed by atoms with Crippen molar-refractivity contribution in [3.63, 3.8) is 0 Å². The topological polar surface area (TPSA) is 64.3 Å². The van der Waals surface area contributed by atoms with Gasteiger partial charge in [-0.1, -0.05) is 19.3 Å². The minimum Gasteiger partial charge on any atom is -0.444 e. The predicted molar refractivity (Wildman–Crippen MR) is 75.8 cm³/mol. The number of nitrogens with two attached hydrogens (primary N) is 1. The van der Waals surface area contributed by atoms with E-state index < -0.39 is 5.60 Å². The minimum absolute atomic E-state index is 0.0510. The van der Waals surface area contributed by atoms with Crippen LogP contribution in [-0.4, -0.2) is 23.8 Å². The number of hydrogen-bond acceptors (Lipinski definition) is 3. The van der Waals surface area contributed by atoms with E-state index in [9.17, 15) is 4.79 Å². The Balaban J connectivity index is 2.00. The first-order chi connectivity index (χ1) is 8.86. The third-order valence-corrected chi connectivity index (χ3v) is 4.43. The highest BCUT2D eigenvalue weighted by molar-refractivity contribution is 5.69. The summed E-state index contributed by atoms with van der Waals surface area (Å²) in [6.07, 6.45) is 6.72. The molecule has 19 heavy (non-hydrogen) atoms. The molecule has 0 spiro atoms. The molecule has 2 aliphatic carbocycles. The summed E-state index contributed by atoms with van der Waals surface area (Å²) in [7, 11) is 0. The molecule has 4 heteroatoms. The molecule has 0 heterocycles. The third kappa shape index (κ3) is 3.62. The smallest absolute Gasteiger partial charge is 0.408 e. The summed E-state index contributed by atoms with van der Waals surface area (Å²) in [5.74, 6) is 1.15. The van der Waals surface area contributed by atoms with Gasteiger partial charge in [0.2, 0.25) is 0 Å². The molecule has 0 aromatic heterocycles. The highest BCUT2D eigenvalue weighted by Gasteiger charge is 2.53. The Morgan fingerprint density at radius 2 is 1.95 bits per heavy atom. The standard InChI is InChI=1S/C15H28N2O2/c1-14(2,3)19-13(18)17-15(7-5-4-6-8-15)12-9-11(12)10-16/h11-12H,4-10,16H2,1-3H3,(H,17,18)/t11-,12+/m0/s1. The molecule has 2 atom stereocenters. The first-order valence-electron chi connectivity index (χ1n) is 7.57. The lowest BCUT2D eigenvalue weighted by molar-refractivity contribution is 0.0396. The fourth-order valence-electron chi connectivity index (χ4n) is 3.46. The maximum Gasteiger partial charge on any atom is 0.408 e.